The molecule has 0 rings (SSSR count). The van der Waals surface area contributed by atoms with Crippen LogP contribution in [0, 0.1) is 0 Å². The van der Waals surface area contributed by atoms with Crippen molar-refractivity contribution in [3.05, 3.63) is 12.2 Å². The summed E-state index contributed by atoms with van der Waals surface area (Å²) in [4.78, 5) is 24.0. The fourth-order valence-electron chi connectivity index (χ4n) is 0.341. The molecule has 0 radical (unpaired) electrons. The Morgan fingerprint density at radius 3 is 2.90 bits per heavy atom. The lowest BCUT2D eigenvalue weighted by molar-refractivity contribution is -0.144. The van der Waals surface area contributed by atoms with E-state index in [9.17, 15) is 9.59 Å². The van der Waals surface area contributed by atoms with Gasteiger partial charge in [0.25, 0.3) is 5.91 Å². The number of carbonyl (C=O) groups is 2. The van der Waals surface area contributed by atoms with Gasteiger partial charge in [-0.2, -0.15) is 5.48 Å². The van der Waals surface area contributed by atoms with E-state index in [2.05, 4.69) is 4.84 Å². The van der Waals surface area contributed by atoms with E-state index >= 15 is 0 Å². The van der Waals surface area contributed by atoms with Crippen molar-refractivity contribution in [2.24, 2.45) is 0 Å². The van der Waals surface area contributed by atoms with Gasteiger partial charge in [-0.25, -0.2) is 0 Å². The van der Waals surface area contributed by atoms with E-state index in [0.29, 0.717) is 0 Å². The molecule has 0 aromatic carbocycles. The molecular weight excluding hydrogens is 134 g/mol. The lowest BCUT2D eigenvalue weighted by Gasteiger charge is -1.93. The molecule has 0 aromatic rings. The van der Waals surface area contributed by atoms with E-state index < -0.39 is 5.91 Å². The second-order valence-corrected chi connectivity index (χ2v) is 1.49. The molecule has 0 aliphatic rings. The first kappa shape index (κ1) is 8.68. The maximum absolute atomic E-state index is 10.5. The molecule has 4 heteroatoms. The zero-order chi connectivity index (χ0) is 7.82. The molecule has 0 saturated heterocycles. The molecule has 10 heavy (non-hydrogen) atoms. The number of hydrogen-bond donors (Lipinski definition) is 1. The summed E-state index contributed by atoms with van der Waals surface area (Å²) in [6.07, 6.45) is 3.72. The van der Waals surface area contributed by atoms with Crippen molar-refractivity contribution in [1.82, 2.24) is 5.48 Å². The van der Waals surface area contributed by atoms with Crippen LogP contribution in [0.3, 0.4) is 0 Å². The summed E-state index contributed by atoms with van der Waals surface area (Å²) in [6, 6.07) is 0. The Morgan fingerprint density at radius 1 is 1.70 bits per heavy atom. The standard InChI is InChI=1S/C6H9NO3/c1-2-3-4-6(9)7-10-5-8/h3-5H,2H2,1H3,(H,7,9). The van der Waals surface area contributed by atoms with Crippen molar-refractivity contribution in [2.75, 3.05) is 0 Å². The number of rotatable bonds is 4. The molecule has 56 valence electrons. The molecule has 1 N–H and O–H groups in total. The van der Waals surface area contributed by atoms with Gasteiger partial charge < -0.3 is 4.84 Å². The molecule has 0 aliphatic heterocycles. The van der Waals surface area contributed by atoms with Gasteiger partial charge in [-0.3, -0.25) is 9.59 Å². The van der Waals surface area contributed by atoms with Gasteiger partial charge in [0, 0.05) is 6.08 Å². The van der Waals surface area contributed by atoms with Crippen molar-refractivity contribution in [3.63, 3.8) is 0 Å². The molecule has 0 fully saturated rings. The van der Waals surface area contributed by atoms with E-state index in [-0.39, 0.29) is 6.47 Å². The predicted molar refractivity (Wildman–Crippen MR) is 34.7 cm³/mol. The van der Waals surface area contributed by atoms with Crippen LogP contribution >= 0.6 is 0 Å². The maximum atomic E-state index is 10.5. The summed E-state index contributed by atoms with van der Waals surface area (Å²) in [5.41, 5.74) is 1.87. The third kappa shape index (κ3) is 4.83. The van der Waals surface area contributed by atoms with Gasteiger partial charge >= 0.3 is 6.47 Å². The van der Waals surface area contributed by atoms with Crippen LogP contribution in [-0.4, -0.2) is 12.4 Å². The number of hydrogen-bond acceptors (Lipinski definition) is 3. The number of nitrogens with one attached hydrogen (secondary N) is 1. The minimum absolute atomic E-state index is 0.150. The molecule has 1 amide bonds. The fourth-order valence-corrected chi connectivity index (χ4v) is 0.341. The largest absolute Gasteiger partial charge is 0.344 e. The van der Waals surface area contributed by atoms with Crippen LogP contribution in [0.1, 0.15) is 13.3 Å². The summed E-state index contributed by atoms with van der Waals surface area (Å²) < 4.78 is 0. The lowest BCUT2D eigenvalue weighted by atomic mass is 10.4. The molecular formula is C6H9NO3. The first-order chi connectivity index (χ1) is 4.81. The van der Waals surface area contributed by atoms with Crippen LogP contribution in [0.15, 0.2) is 12.2 Å². The highest BCUT2D eigenvalue weighted by Gasteiger charge is 1.90. The van der Waals surface area contributed by atoms with E-state index in [4.69, 9.17) is 0 Å². The predicted octanol–water partition coefficient (Wildman–Crippen LogP) is 0.157. The van der Waals surface area contributed by atoms with Gasteiger partial charge in [0.1, 0.15) is 0 Å². The van der Waals surface area contributed by atoms with Crippen LogP contribution in [0.25, 0.3) is 0 Å². The topological polar surface area (TPSA) is 55.4 Å². The maximum Gasteiger partial charge on any atom is 0.320 e. The Balaban J connectivity index is 3.43. The number of carbonyl (C=O) groups excluding carboxylic acids is 2. The Morgan fingerprint density at radius 2 is 2.40 bits per heavy atom. The second-order valence-electron chi connectivity index (χ2n) is 1.49. The van der Waals surface area contributed by atoms with E-state index in [1.54, 1.807) is 6.08 Å². The molecule has 0 heterocycles. The average molecular weight is 143 g/mol. The fraction of sp³-hybridized carbons (Fsp3) is 0.333. The quantitative estimate of drug-likeness (QED) is 0.346. The third-order valence-electron chi connectivity index (χ3n) is 0.713. The Labute approximate surface area is 58.8 Å². The first-order valence-corrected chi connectivity index (χ1v) is 2.87. The number of amides is 1. The van der Waals surface area contributed by atoms with E-state index in [1.807, 2.05) is 12.4 Å². The highest BCUT2D eigenvalue weighted by Crippen LogP contribution is 1.78. The Kier molecular flexibility index (Phi) is 5.04. The summed E-state index contributed by atoms with van der Waals surface area (Å²) in [5, 5.41) is 0. The Hall–Kier alpha value is -1.32. The van der Waals surface area contributed by atoms with E-state index in [0.717, 1.165) is 6.42 Å². The van der Waals surface area contributed by atoms with Crippen molar-refractivity contribution in [3.8, 4) is 0 Å². The van der Waals surface area contributed by atoms with Gasteiger partial charge in [0.05, 0.1) is 0 Å². The average Bonchev–Trinajstić information content (AvgIpc) is 1.97. The molecule has 0 bridgehead atoms. The molecule has 4 nitrogen and oxygen atoms in total. The van der Waals surface area contributed by atoms with Gasteiger partial charge in [0.2, 0.25) is 0 Å². The Bertz CT molecular complexity index is 142. The van der Waals surface area contributed by atoms with Crippen molar-refractivity contribution in [1.29, 1.82) is 0 Å². The van der Waals surface area contributed by atoms with Gasteiger partial charge in [-0.1, -0.05) is 13.0 Å². The van der Waals surface area contributed by atoms with Crippen LogP contribution < -0.4 is 5.48 Å². The van der Waals surface area contributed by atoms with Crippen molar-refractivity contribution >= 4 is 12.4 Å². The zero-order valence-corrected chi connectivity index (χ0v) is 5.66. The minimum Gasteiger partial charge on any atom is -0.344 e. The summed E-state index contributed by atoms with van der Waals surface area (Å²) in [7, 11) is 0. The highest BCUT2D eigenvalue weighted by atomic mass is 16.7. The third-order valence-corrected chi connectivity index (χ3v) is 0.713. The molecule has 0 aliphatic carbocycles. The van der Waals surface area contributed by atoms with Gasteiger partial charge in [-0.15, -0.1) is 0 Å². The van der Waals surface area contributed by atoms with Crippen LogP contribution in [0.2, 0.25) is 0 Å². The van der Waals surface area contributed by atoms with Crippen LogP contribution in [0.5, 0.6) is 0 Å². The minimum atomic E-state index is -0.436. The summed E-state index contributed by atoms with van der Waals surface area (Å²) in [6.45, 7) is 2.04. The smallest absolute Gasteiger partial charge is 0.320 e. The molecule has 0 saturated carbocycles. The first-order valence-electron chi connectivity index (χ1n) is 2.87. The van der Waals surface area contributed by atoms with Crippen molar-refractivity contribution < 1.29 is 14.4 Å². The van der Waals surface area contributed by atoms with Crippen LogP contribution in [-0.2, 0) is 14.4 Å². The SMILES string of the molecule is CCC=CC(=O)NOC=O. The number of allylic oxidation sites excluding steroid dienone is 1. The monoisotopic (exact) mass is 143 g/mol. The highest BCUT2D eigenvalue weighted by molar-refractivity contribution is 5.86. The summed E-state index contributed by atoms with van der Waals surface area (Å²) in [5.74, 6) is -0.436. The van der Waals surface area contributed by atoms with E-state index in [1.165, 1.54) is 6.08 Å². The summed E-state index contributed by atoms with van der Waals surface area (Å²) >= 11 is 0. The van der Waals surface area contributed by atoms with Gasteiger partial charge in [-0.05, 0) is 6.42 Å². The number of hydroxylamine groups is 1. The van der Waals surface area contributed by atoms with Crippen LogP contribution in [0.4, 0.5) is 0 Å². The molecule has 0 atom stereocenters. The zero-order valence-electron chi connectivity index (χ0n) is 5.66. The van der Waals surface area contributed by atoms with Crippen molar-refractivity contribution in [2.45, 2.75) is 13.3 Å². The lowest BCUT2D eigenvalue weighted by Crippen LogP contribution is -2.20. The molecule has 0 spiro atoms. The second kappa shape index (κ2) is 5.81. The molecule has 0 unspecified atom stereocenters. The van der Waals surface area contributed by atoms with Gasteiger partial charge in [0.15, 0.2) is 0 Å². The molecule has 0 aromatic heterocycles. The normalized spacial score (nSPS) is 9.30.